The number of nitrogens with zero attached hydrogens (tertiary/aromatic N) is 2. The van der Waals surface area contributed by atoms with E-state index in [1.54, 1.807) is 11.1 Å². The van der Waals surface area contributed by atoms with Crippen LogP contribution in [0.15, 0.2) is 12.3 Å². The van der Waals surface area contributed by atoms with Crippen LogP contribution in [0.2, 0.25) is 0 Å². The third kappa shape index (κ3) is 3.04. The van der Waals surface area contributed by atoms with E-state index in [1.807, 2.05) is 26.8 Å². The molecule has 1 aliphatic carbocycles. The Morgan fingerprint density at radius 3 is 2.50 bits per heavy atom. The van der Waals surface area contributed by atoms with E-state index in [0.29, 0.717) is 17.8 Å². The van der Waals surface area contributed by atoms with Gasteiger partial charge in [0.25, 0.3) is 0 Å². The van der Waals surface area contributed by atoms with Gasteiger partial charge in [0, 0.05) is 29.6 Å². The molecule has 130 valence electrons. The van der Waals surface area contributed by atoms with E-state index in [2.05, 4.69) is 18.8 Å². The van der Waals surface area contributed by atoms with E-state index < -0.39 is 5.60 Å². The van der Waals surface area contributed by atoms with Crippen LogP contribution < -0.4 is 4.90 Å². The fourth-order valence-electron chi connectivity index (χ4n) is 3.26. The number of carbonyl (C=O) groups is 2. The fraction of sp³-hybridized carbons (Fsp3) is 0.632. The van der Waals surface area contributed by atoms with Crippen LogP contribution >= 0.6 is 0 Å². The number of anilines is 1. The molecule has 1 aromatic heterocycles. The van der Waals surface area contributed by atoms with Gasteiger partial charge in [0.2, 0.25) is 0 Å². The van der Waals surface area contributed by atoms with Gasteiger partial charge in [-0.1, -0.05) is 20.3 Å². The van der Waals surface area contributed by atoms with Gasteiger partial charge in [0.05, 0.1) is 11.4 Å². The normalized spacial score (nSPS) is 19.6. The molecule has 0 bridgehead atoms. The van der Waals surface area contributed by atoms with E-state index in [0.717, 1.165) is 25.0 Å². The number of ketones is 1. The van der Waals surface area contributed by atoms with Crippen molar-refractivity contribution < 1.29 is 14.3 Å². The second kappa shape index (κ2) is 5.57. The Hall–Kier alpha value is -1.91. The molecule has 0 saturated heterocycles. The maximum absolute atomic E-state index is 12.6. The number of hydrogen-bond donors (Lipinski definition) is 0. The van der Waals surface area contributed by atoms with Gasteiger partial charge in [-0.3, -0.25) is 14.7 Å². The average molecular weight is 330 g/mol. The highest BCUT2D eigenvalue weighted by Crippen LogP contribution is 2.41. The Morgan fingerprint density at radius 1 is 1.29 bits per heavy atom. The quantitative estimate of drug-likeness (QED) is 0.766. The number of carbonyl (C=O) groups excluding carboxylic acids is 2. The molecule has 0 aromatic carbocycles. The fourth-order valence-corrected chi connectivity index (χ4v) is 3.26. The number of rotatable bonds is 2. The number of hydrogen-bond acceptors (Lipinski definition) is 4. The smallest absolute Gasteiger partial charge is 0.414 e. The summed E-state index contributed by atoms with van der Waals surface area (Å²) in [6, 6.07) is 1.82. The van der Waals surface area contributed by atoms with Crippen LogP contribution in [0.25, 0.3) is 0 Å². The van der Waals surface area contributed by atoms with Crippen molar-refractivity contribution in [3.8, 4) is 0 Å². The number of fused-ring (bicyclic) bond motifs is 1. The Labute approximate surface area is 143 Å². The summed E-state index contributed by atoms with van der Waals surface area (Å²) < 4.78 is 5.53. The zero-order valence-corrected chi connectivity index (χ0v) is 15.2. The number of Topliss-reactive ketones (excluding diaryl/α,β-unsaturated/α-hetero) is 1. The molecular weight excluding hydrogens is 304 g/mol. The highest BCUT2D eigenvalue weighted by Gasteiger charge is 2.41. The van der Waals surface area contributed by atoms with Crippen LogP contribution in [0.4, 0.5) is 10.5 Å². The van der Waals surface area contributed by atoms with E-state index in [1.165, 1.54) is 0 Å². The molecule has 5 nitrogen and oxygen atoms in total. The monoisotopic (exact) mass is 330 g/mol. The summed E-state index contributed by atoms with van der Waals surface area (Å²) in [6.45, 7) is 10.2. The van der Waals surface area contributed by atoms with Crippen molar-refractivity contribution >= 4 is 17.6 Å². The van der Waals surface area contributed by atoms with E-state index >= 15 is 0 Å². The van der Waals surface area contributed by atoms with Crippen molar-refractivity contribution in [3.63, 3.8) is 0 Å². The minimum Gasteiger partial charge on any atom is -0.443 e. The van der Waals surface area contributed by atoms with Gasteiger partial charge in [-0.25, -0.2) is 4.79 Å². The predicted octanol–water partition coefficient (Wildman–Crippen LogP) is 4.10. The minimum absolute atomic E-state index is 0.120. The molecule has 24 heavy (non-hydrogen) atoms. The summed E-state index contributed by atoms with van der Waals surface area (Å²) in [5.41, 5.74) is 1.34. The zero-order valence-electron chi connectivity index (χ0n) is 15.2. The highest BCUT2D eigenvalue weighted by molar-refractivity contribution is 6.00. The van der Waals surface area contributed by atoms with Gasteiger partial charge in [-0.05, 0) is 39.7 Å². The molecule has 1 fully saturated rings. The second-order valence-electron chi connectivity index (χ2n) is 8.53. The summed E-state index contributed by atoms with van der Waals surface area (Å²) in [4.78, 5) is 31.3. The Morgan fingerprint density at radius 2 is 1.96 bits per heavy atom. The van der Waals surface area contributed by atoms with Crippen molar-refractivity contribution in [1.29, 1.82) is 0 Å². The molecule has 0 unspecified atom stereocenters. The Balaban J connectivity index is 1.93. The third-order valence-electron chi connectivity index (χ3n) is 4.73. The van der Waals surface area contributed by atoms with Gasteiger partial charge >= 0.3 is 6.09 Å². The summed E-state index contributed by atoms with van der Waals surface area (Å²) in [5, 5.41) is 0. The molecule has 0 spiro atoms. The number of pyridine rings is 1. The van der Waals surface area contributed by atoms with Crippen LogP contribution in [0, 0.1) is 5.92 Å². The first kappa shape index (κ1) is 16.9. The SMILES string of the molecule is CC(C)(C)OC(=O)N1CC(C)(C)c2ncc(C(=O)C3CCC3)cc21. The molecule has 5 heteroatoms. The van der Waals surface area contributed by atoms with E-state index in [9.17, 15) is 9.59 Å². The second-order valence-corrected chi connectivity index (χ2v) is 8.53. The lowest BCUT2D eigenvalue weighted by Gasteiger charge is -2.26. The molecule has 2 aliphatic rings. The lowest BCUT2D eigenvalue weighted by molar-refractivity contribution is 0.0578. The number of amides is 1. The molecule has 2 heterocycles. The van der Waals surface area contributed by atoms with Crippen LogP contribution in [-0.4, -0.2) is 29.0 Å². The zero-order chi connectivity index (χ0) is 17.7. The van der Waals surface area contributed by atoms with E-state index in [4.69, 9.17) is 4.74 Å². The Bertz CT molecular complexity index is 684. The van der Waals surface area contributed by atoms with Crippen molar-refractivity contribution in [2.45, 2.75) is 64.9 Å². The standard InChI is InChI=1S/C19H26N2O3/c1-18(2,3)24-17(23)21-11-19(4,5)16-14(21)9-13(10-20-16)15(22)12-7-6-8-12/h9-10,12H,6-8,11H2,1-5H3. The van der Waals surface area contributed by atoms with Crippen LogP contribution in [0.3, 0.4) is 0 Å². The summed E-state index contributed by atoms with van der Waals surface area (Å²) in [6.07, 6.45) is 4.31. The molecule has 0 N–H and O–H groups in total. The van der Waals surface area contributed by atoms with Gasteiger partial charge in [-0.2, -0.15) is 0 Å². The van der Waals surface area contributed by atoms with Crippen molar-refractivity contribution in [3.05, 3.63) is 23.5 Å². The lowest BCUT2D eigenvalue weighted by Crippen LogP contribution is -2.38. The van der Waals surface area contributed by atoms with Crippen LogP contribution in [0.1, 0.15) is 69.9 Å². The summed E-state index contributed by atoms with van der Waals surface area (Å²) >= 11 is 0. The lowest BCUT2D eigenvalue weighted by atomic mass is 9.80. The molecule has 0 radical (unpaired) electrons. The minimum atomic E-state index is -0.559. The maximum Gasteiger partial charge on any atom is 0.414 e. The first-order valence-corrected chi connectivity index (χ1v) is 8.64. The molecule has 1 saturated carbocycles. The van der Waals surface area contributed by atoms with Crippen molar-refractivity contribution in [2.75, 3.05) is 11.4 Å². The maximum atomic E-state index is 12.6. The van der Waals surface area contributed by atoms with Gasteiger partial charge in [0.15, 0.2) is 5.78 Å². The molecule has 0 atom stereocenters. The van der Waals surface area contributed by atoms with Crippen LogP contribution in [-0.2, 0) is 10.2 Å². The third-order valence-corrected chi connectivity index (χ3v) is 4.73. The molecular formula is C19H26N2O3. The van der Waals surface area contributed by atoms with Crippen molar-refractivity contribution in [1.82, 2.24) is 4.98 Å². The number of aromatic nitrogens is 1. The molecule has 1 amide bonds. The molecule has 3 rings (SSSR count). The highest BCUT2D eigenvalue weighted by atomic mass is 16.6. The summed E-state index contributed by atoms with van der Waals surface area (Å²) in [5.74, 6) is 0.264. The largest absolute Gasteiger partial charge is 0.443 e. The predicted molar refractivity (Wildman–Crippen MR) is 92.5 cm³/mol. The first-order valence-electron chi connectivity index (χ1n) is 8.64. The topological polar surface area (TPSA) is 59.5 Å². The van der Waals surface area contributed by atoms with Crippen LogP contribution in [0.5, 0.6) is 0 Å². The first-order chi connectivity index (χ1) is 11.1. The average Bonchev–Trinajstić information content (AvgIpc) is 2.66. The van der Waals surface area contributed by atoms with Gasteiger partial charge in [0.1, 0.15) is 5.60 Å². The Kier molecular flexibility index (Phi) is 3.93. The summed E-state index contributed by atoms with van der Waals surface area (Å²) in [7, 11) is 0. The number of ether oxygens (including phenoxy) is 1. The van der Waals surface area contributed by atoms with Gasteiger partial charge < -0.3 is 4.74 Å². The van der Waals surface area contributed by atoms with E-state index in [-0.39, 0.29) is 23.2 Å². The van der Waals surface area contributed by atoms with Gasteiger partial charge in [-0.15, -0.1) is 0 Å². The molecule has 1 aliphatic heterocycles. The van der Waals surface area contributed by atoms with Crippen molar-refractivity contribution in [2.24, 2.45) is 5.92 Å². The molecule has 1 aromatic rings.